The molecule has 31 heavy (non-hydrogen) atoms. The van der Waals surface area contributed by atoms with Crippen LogP contribution in [0.2, 0.25) is 5.02 Å². The van der Waals surface area contributed by atoms with Crippen molar-refractivity contribution in [1.29, 1.82) is 0 Å². The van der Waals surface area contributed by atoms with Crippen LogP contribution in [0.4, 0.5) is 8.78 Å². The Morgan fingerprint density at radius 2 is 1.71 bits per heavy atom. The molecule has 0 saturated carbocycles. The number of piperazine rings is 1. The zero-order chi connectivity index (χ0) is 22.2. The second-order valence-corrected chi connectivity index (χ2v) is 8.27. The lowest BCUT2D eigenvalue weighted by Crippen LogP contribution is -2.49. The van der Waals surface area contributed by atoms with Crippen LogP contribution < -0.4 is 0 Å². The van der Waals surface area contributed by atoms with Crippen molar-refractivity contribution in [1.82, 2.24) is 9.80 Å². The van der Waals surface area contributed by atoms with Gasteiger partial charge >= 0.3 is 0 Å². The number of benzene rings is 2. The third-order valence-electron chi connectivity index (χ3n) is 5.63. The summed E-state index contributed by atoms with van der Waals surface area (Å²) in [6.07, 6.45) is 2.15. The van der Waals surface area contributed by atoms with Gasteiger partial charge < -0.3 is 9.64 Å². The average Bonchev–Trinajstić information content (AvgIpc) is 2.77. The predicted molar refractivity (Wildman–Crippen MR) is 118 cm³/mol. The molecular formula is C24H29ClF2N2O2. The number of nitrogens with zero attached hydrogens (tertiary/aromatic N) is 2. The van der Waals surface area contributed by atoms with Gasteiger partial charge in [0, 0.05) is 49.7 Å². The van der Waals surface area contributed by atoms with Crippen molar-refractivity contribution in [3.05, 3.63) is 70.2 Å². The van der Waals surface area contributed by atoms with E-state index < -0.39 is 11.6 Å². The summed E-state index contributed by atoms with van der Waals surface area (Å²) >= 11 is 6.02. The third-order valence-corrected chi connectivity index (χ3v) is 5.88. The van der Waals surface area contributed by atoms with Gasteiger partial charge in [0.2, 0.25) is 5.91 Å². The predicted octanol–water partition coefficient (Wildman–Crippen LogP) is 5.21. The molecule has 0 radical (unpaired) electrons. The van der Waals surface area contributed by atoms with E-state index in [1.807, 2.05) is 17.0 Å². The first-order chi connectivity index (χ1) is 15.0. The van der Waals surface area contributed by atoms with Crippen molar-refractivity contribution < 1.29 is 18.3 Å². The van der Waals surface area contributed by atoms with Crippen LogP contribution >= 0.6 is 11.6 Å². The molecule has 1 aliphatic heterocycles. The number of amides is 1. The Labute approximate surface area is 187 Å². The molecule has 7 heteroatoms. The molecule has 0 N–H and O–H groups in total. The van der Waals surface area contributed by atoms with E-state index in [1.54, 1.807) is 12.1 Å². The van der Waals surface area contributed by atoms with Gasteiger partial charge in [-0.15, -0.1) is 0 Å². The lowest BCUT2D eigenvalue weighted by Gasteiger charge is -2.36. The van der Waals surface area contributed by atoms with Crippen LogP contribution in [0.1, 0.15) is 43.4 Å². The number of carbonyl (C=O) groups is 1. The van der Waals surface area contributed by atoms with Gasteiger partial charge in [-0.1, -0.05) is 43.1 Å². The highest BCUT2D eigenvalue weighted by Crippen LogP contribution is 2.25. The Morgan fingerprint density at radius 3 is 2.32 bits per heavy atom. The molecule has 2 aromatic carbocycles. The smallest absolute Gasteiger partial charge is 0.222 e. The number of ether oxygens (including phenoxy) is 1. The Morgan fingerprint density at radius 1 is 1.06 bits per heavy atom. The first-order valence-corrected chi connectivity index (χ1v) is 11.2. The summed E-state index contributed by atoms with van der Waals surface area (Å²) in [4.78, 5) is 16.4. The van der Waals surface area contributed by atoms with E-state index in [1.165, 1.54) is 18.2 Å². The number of unbranched alkanes of at least 4 members (excludes halogenated alkanes) is 1. The van der Waals surface area contributed by atoms with Crippen molar-refractivity contribution in [3.63, 3.8) is 0 Å². The summed E-state index contributed by atoms with van der Waals surface area (Å²) in [6, 6.07) is 11.1. The second-order valence-electron chi connectivity index (χ2n) is 7.84. The fourth-order valence-electron chi connectivity index (χ4n) is 3.69. The summed E-state index contributed by atoms with van der Waals surface area (Å²) in [7, 11) is 0. The van der Waals surface area contributed by atoms with E-state index in [2.05, 4.69) is 11.8 Å². The maximum Gasteiger partial charge on any atom is 0.222 e. The number of hydrogen-bond donors (Lipinski definition) is 0. The van der Waals surface area contributed by atoms with Gasteiger partial charge in [0.15, 0.2) is 0 Å². The van der Waals surface area contributed by atoms with Gasteiger partial charge in [-0.05, 0) is 36.2 Å². The molecular weight excluding hydrogens is 422 g/mol. The average molecular weight is 451 g/mol. The molecule has 1 fully saturated rings. The molecule has 3 rings (SSSR count). The number of hydrogen-bond acceptors (Lipinski definition) is 3. The Balaban J connectivity index is 1.64. The van der Waals surface area contributed by atoms with Crippen LogP contribution in [0.3, 0.4) is 0 Å². The zero-order valence-electron chi connectivity index (χ0n) is 17.8. The quantitative estimate of drug-likeness (QED) is 0.525. The SMILES string of the molecule is CCCCC(=O)N1CCN(CC(OCc2c(F)cccc2F)c2ccc(Cl)cc2)CC1. The minimum atomic E-state index is -0.617. The molecule has 0 spiro atoms. The first-order valence-electron chi connectivity index (χ1n) is 10.8. The summed E-state index contributed by atoms with van der Waals surface area (Å²) in [5, 5.41) is 0.613. The highest BCUT2D eigenvalue weighted by molar-refractivity contribution is 6.30. The van der Waals surface area contributed by atoms with Crippen LogP contribution in [0.25, 0.3) is 0 Å². The summed E-state index contributed by atoms with van der Waals surface area (Å²) in [5.41, 5.74) is 0.815. The van der Waals surface area contributed by atoms with E-state index in [0.29, 0.717) is 31.1 Å². The Kier molecular flexibility index (Phi) is 8.81. The van der Waals surface area contributed by atoms with Gasteiger partial charge in [0.25, 0.3) is 0 Å². The lowest BCUT2D eigenvalue weighted by atomic mass is 10.1. The van der Waals surface area contributed by atoms with E-state index in [0.717, 1.165) is 31.5 Å². The van der Waals surface area contributed by atoms with Gasteiger partial charge in [0.05, 0.1) is 12.7 Å². The maximum atomic E-state index is 14.0. The molecule has 4 nitrogen and oxygen atoms in total. The fraction of sp³-hybridized carbons (Fsp3) is 0.458. The highest BCUT2D eigenvalue weighted by Gasteiger charge is 2.24. The van der Waals surface area contributed by atoms with Crippen molar-refractivity contribution >= 4 is 17.5 Å². The molecule has 0 aliphatic carbocycles. The molecule has 0 aromatic heterocycles. The van der Waals surface area contributed by atoms with Crippen LogP contribution in [-0.4, -0.2) is 48.4 Å². The molecule has 1 unspecified atom stereocenters. The first kappa shape index (κ1) is 23.6. The molecule has 1 heterocycles. The summed E-state index contributed by atoms with van der Waals surface area (Å²) < 4.78 is 34.1. The zero-order valence-corrected chi connectivity index (χ0v) is 18.6. The number of rotatable bonds is 9. The lowest BCUT2D eigenvalue weighted by molar-refractivity contribution is -0.133. The van der Waals surface area contributed by atoms with Crippen LogP contribution in [-0.2, 0) is 16.1 Å². The van der Waals surface area contributed by atoms with Gasteiger partial charge in [-0.3, -0.25) is 9.69 Å². The molecule has 1 aliphatic rings. The minimum absolute atomic E-state index is 0.0761. The van der Waals surface area contributed by atoms with Crippen molar-refractivity contribution in [2.45, 2.75) is 38.9 Å². The molecule has 1 saturated heterocycles. The fourth-order valence-corrected chi connectivity index (χ4v) is 3.81. The van der Waals surface area contributed by atoms with Crippen LogP contribution in [0.15, 0.2) is 42.5 Å². The Hall–Kier alpha value is -2.02. The largest absolute Gasteiger partial charge is 0.367 e. The molecule has 168 valence electrons. The highest BCUT2D eigenvalue weighted by atomic mass is 35.5. The molecule has 1 amide bonds. The standard InChI is InChI=1S/C24H29ClF2N2O2/c1-2-3-7-24(30)29-14-12-28(13-15-29)16-23(18-8-10-19(25)11-9-18)31-17-20-21(26)5-4-6-22(20)27/h4-6,8-11,23H,2-3,7,12-17H2,1H3. The van der Waals surface area contributed by atoms with E-state index in [4.69, 9.17) is 16.3 Å². The van der Waals surface area contributed by atoms with Crippen LogP contribution in [0.5, 0.6) is 0 Å². The number of carbonyl (C=O) groups excluding carboxylic acids is 1. The maximum absolute atomic E-state index is 14.0. The van der Waals surface area contributed by atoms with Crippen molar-refractivity contribution in [2.75, 3.05) is 32.7 Å². The van der Waals surface area contributed by atoms with Gasteiger partial charge in [-0.2, -0.15) is 0 Å². The number of halogens is 3. The normalized spacial score (nSPS) is 15.8. The molecule has 1 atom stereocenters. The van der Waals surface area contributed by atoms with Crippen LogP contribution in [0, 0.1) is 11.6 Å². The molecule has 2 aromatic rings. The van der Waals surface area contributed by atoms with Gasteiger partial charge in [-0.25, -0.2) is 8.78 Å². The van der Waals surface area contributed by atoms with Crippen molar-refractivity contribution in [2.24, 2.45) is 0 Å². The van der Waals surface area contributed by atoms with E-state index >= 15 is 0 Å². The summed E-state index contributed by atoms with van der Waals surface area (Å²) in [5.74, 6) is -1.02. The van der Waals surface area contributed by atoms with Gasteiger partial charge in [0.1, 0.15) is 11.6 Å². The van der Waals surface area contributed by atoms with Crippen molar-refractivity contribution in [3.8, 4) is 0 Å². The van der Waals surface area contributed by atoms with E-state index in [-0.39, 0.29) is 24.2 Å². The minimum Gasteiger partial charge on any atom is -0.367 e. The molecule has 0 bridgehead atoms. The third kappa shape index (κ3) is 6.73. The Bertz CT molecular complexity index is 835. The summed E-state index contributed by atoms with van der Waals surface area (Å²) in [6.45, 7) is 5.31. The second kappa shape index (κ2) is 11.6. The van der Waals surface area contributed by atoms with E-state index in [9.17, 15) is 13.6 Å². The topological polar surface area (TPSA) is 32.8 Å². The monoisotopic (exact) mass is 450 g/mol.